The second-order valence-electron chi connectivity index (χ2n) is 5.06. The maximum atomic E-state index is 12.1. The van der Waals surface area contributed by atoms with E-state index in [4.69, 9.17) is 10.2 Å². The first kappa shape index (κ1) is 15.2. The standard InChI is InChI=1S/C13H17N3O5/c1-6-9(11(18)15-8(4-5-17)13(20)21)12(19)16-10(14-6)7-2-3-7/h7-8,17H,2-5H2,1H3,(H,15,18)(H,20,21)(H,14,16,19)/t8-/m1/s1. The molecule has 1 aromatic heterocycles. The van der Waals surface area contributed by atoms with Crippen LogP contribution in [0.2, 0.25) is 0 Å². The number of nitrogens with one attached hydrogen (secondary N) is 2. The van der Waals surface area contributed by atoms with Crippen LogP contribution in [0.15, 0.2) is 4.79 Å². The molecule has 1 aliphatic rings. The van der Waals surface area contributed by atoms with Crippen LogP contribution in [0.1, 0.15) is 47.1 Å². The van der Waals surface area contributed by atoms with Crippen LogP contribution in [-0.4, -0.2) is 44.7 Å². The molecule has 114 valence electrons. The molecule has 1 fully saturated rings. The van der Waals surface area contributed by atoms with E-state index in [2.05, 4.69) is 15.3 Å². The van der Waals surface area contributed by atoms with Gasteiger partial charge in [0.2, 0.25) is 0 Å². The van der Waals surface area contributed by atoms with Gasteiger partial charge in [0.25, 0.3) is 11.5 Å². The lowest BCUT2D eigenvalue weighted by molar-refractivity contribution is -0.139. The third-order valence-electron chi connectivity index (χ3n) is 3.33. The van der Waals surface area contributed by atoms with E-state index in [1.807, 2.05) is 0 Å². The number of carboxylic acids is 1. The third kappa shape index (κ3) is 3.46. The van der Waals surface area contributed by atoms with E-state index in [0.29, 0.717) is 5.82 Å². The summed E-state index contributed by atoms with van der Waals surface area (Å²) in [6.45, 7) is 1.16. The van der Waals surface area contributed by atoms with Crippen molar-refractivity contribution in [3.63, 3.8) is 0 Å². The van der Waals surface area contributed by atoms with E-state index >= 15 is 0 Å². The van der Waals surface area contributed by atoms with Crippen molar-refractivity contribution in [2.45, 2.75) is 38.1 Å². The first-order chi connectivity index (χ1) is 9.93. The van der Waals surface area contributed by atoms with Crippen LogP contribution in [0.3, 0.4) is 0 Å². The lowest BCUT2D eigenvalue weighted by Gasteiger charge is -2.13. The van der Waals surface area contributed by atoms with Gasteiger partial charge in [0, 0.05) is 18.9 Å². The van der Waals surface area contributed by atoms with Crippen LogP contribution in [0.5, 0.6) is 0 Å². The summed E-state index contributed by atoms with van der Waals surface area (Å²) in [7, 11) is 0. The van der Waals surface area contributed by atoms with Crippen LogP contribution in [0.25, 0.3) is 0 Å². The topological polar surface area (TPSA) is 132 Å². The molecule has 1 aliphatic carbocycles. The van der Waals surface area contributed by atoms with Gasteiger partial charge in [-0.2, -0.15) is 0 Å². The van der Waals surface area contributed by atoms with Gasteiger partial charge in [0.15, 0.2) is 0 Å². The Balaban J connectivity index is 2.22. The second kappa shape index (κ2) is 6.04. The van der Waals surface area contributed by atoms with Gasteiger partial charge in [-0.1, -0.05) is 0 Å². The number of carbonyl (C=O) groups is 2. The average Bonchev–Trinajstić information content (AvgIpc) is 3.21. The van der Waals surface area contributed by atoms with E-state index in [1.165, 1.54) is 6.92 Å². The fourth-order valence-electron chi connectivity index (χ4n) is 2.04. The van der Waals surface area contributed by atoms with Crippen LogP contribution in [0, 0.1) is 6.92 Å². The van der Waals surface area contributed by atoms with Gasteiger partial charge in [0.1, 0.15) is 17.4 Å². The molecule has 1 atom stereocenters. The zero-order valence-electron chi connectivity index (χ0n) is 11.5. The minimum atomic E-state index is -1.27. The number of amides is 1. The molecule has 2 rings (SSSR count). The van der Waals surface area contributed by atoms with Gasteiger partial charge in [-0.25, -0.2) is 9.78 Å². The van der Waals surface area contributed by atoms with Gasteiger partial charge >= 0.3 is 5.97 Å². The van der Waals surface area contributed by atoms with Crippen molar-refractivity contribution in [1.82, 2.24) is 15.3 Å². The summed E-state index contributed by atoms with van der Waals surface area (Å²) >= 11 is 0. The first-order valence-corrected chi connectivity index (χ1v) is 6.69. The predicted octanol–water partition coefficient (Wildman–Crippen LogP) is -0.479. The molecule has 1 aromatic rings. The number of nitrogens with zero attached hydrogens (tertiary/aromatic N) is 1. The number of hydrogen-bond acceptors (Lipinski definition) is 5. The Labute approximate surface area is 120 Å². The summed E-state index contributed by atoms with van der Waals surface area (Å²) in [5.74, 6) is -1.26. The zero-order chi connectivity index (χ0) is 15.6. The molecular weight excluding hydrogens is 278 g/mol. The van der Waals surface area contributed by atoms with Crippen LogP contribution >= 0.6 is 0 Å². The number of aliphatic carboxylic acids is 1. The molecule has 1 heterocycles. The number of carboxylic acid groups (broad SMARTS) is 1. The molecule has 0 bridgehead atoms. The fraction of sp³-hybridized carbons (Fsp3) is 0.538. The second-order valence-corrected chi connectivity index (χ2v) is 5.06. The molecule has 0 unspecified atom stereocenters. The molecule has 0 spiro atoms. The van der Waals surface area contributed by atoms with Crippen molar-refractivity contribution < 1.29 is 19.8 Å². The zero-order valence-corrected chi connectivity index (χ0v) is 11.5. The van der Waals surface area contributed by atoms with Gasteiger partial charge in [-0.15, -0.1) is 0 Å². The normalized spacial score (nSPS) is 15.5. The van der Waals surface area contributed by atoms with Gasteiger partial charge in [-0.3, -0.25) is 9.59 Å². The summed E-state index contributed by atoms with van der Waals surface area (Å²) < 4.78 is 0. The molecule has 0 aromatic carbocycles. The van der Waals surface area contributed by atoms with Crippen LogP contribution in [-0.2, 0) is 4.79 Å². The summed E-state index contributed by atoms with van der Waals surface area (Å²) in [5, 5.41) is 19.9. The summed E-state index contributed by atoms with van der Waals surface area (Å²) in [6.07, 6.45) is 1.79. The van der Waals surface area contributed by atoms with Gasteiger partial charge in [-0.05, 0) is 19.8 Å². The Morgan fingerprint density at radius 3 is 2.62 bits per heavy atom. The van der Waals surface area contributed by atoms with Crippen molar-refractivity contribution in [3.05, 3.63) is 27.4 Å². The number of aliphatic hydroxyl groups excluding tert-OH is 1. The van der Waals surface area contributed by atoms with Crippen molar-refractivity contribution in [2.75, 3.05) is 6.61 Å². The Morgan fingerprint density at radius 2 is 2.14 bits per heavy atom. The van der Waals surface area contributed by atoms with Gasteiger partial charge < -0.3 is 20.5 Å². The predicted molar refractivity (Wildman–Crippen MR) is 72.2 cm³/mol. The van der Waals surface area contributed by atoms with E-state index < -0.39 is 23.5 Å². The highest BCUT2D eigenvalue weighted by Gasteiger charge is 2.29. The van der Waals surface area contributed by atoms with Crippen molar-refractivity contribution >= 4 is 11.9 Å². The number of hydrogen-bond donors (Lipinski definition) is 4. The van der Waals surface area contributed by atoms with E-state index in [0.717, 1.165) is 12.8 Å². The largest absolute Gasteiger partial charge is 0.480 e. The molecule has 1 saturated carbocycles. The minimum Gasteiger partial charge on any atom is -0.480 e. The molecule has 1 amide bonds. The maximum Gasteiger partial charge on any atom is 0.326 e. The van der Waals surface area contributed by atoms with Gasteiger partial charge in [0.05, 0.1) is 5.69 Å². The number of rotatable bonds is 6. The summed E-state index contributed by atoms with van der Waals surface area (Å²) in [6, 6.07) is -1.25. The van der Waals surface area contributed by atoms with E-state index in [9.17, 15) is 14.4 Å². The van der Waals surface area contributed by atoms with E-state index in [-0.39, 0.29) is 30.2 Å². The fourth-order valence-corrected chi connectivity index (χ4v) is 2.04. The van der Waals surface area contributed by atoms with Crippen molar-refractivity contribution in [2.24, 2.45) is 0 Å². The number of aryl methyl sites for hydroxylation is 1. The summed E-state index contributed by atoms with van der Waals surface area (Å²) in [5.41, 5.74) is -0.495. The molecule has 0 aliphatic heterocycles. The number of aromatic amines is 1. The number of carbonyl (C=O) groups excluding carboxylic acids is 1. The molecule has 21 heavy (non-hydrogen) atoms. The Hall–Kier alpha value is -2.22. The number of aliphatic hydroxyl groups is 1. The Morgan fingerprint density at radius 1 is 1.48 bits per heavy atom. The monoisotopic (exact) mass is 295 g/mol. The van der Waals surface area contributed by atoms with E-state index in [1.54, 1.807) is 0 Å². The number of aromatic nitrogens is 2. The number of H-pyrrole nitrogens is 1. The van der Waals surface area contributed by atoms with Crippen LogP contribution < -0.4 is 10.9 Å². The third-order valence-corrected chi connectivity index (χ3v) is 3.33. The maximum absolute atomic E-state index is 12.1. The Bertz CT molecular complexity index is 621. The van der Waals surface area contributed by atoms with Crippen LogP contribution in [0.4, 0.5) is 0 Å². The molecular formula is C13H17N3O5. The quantitative estimate of drug-likeness (QED) is 0.560. The van der Waals surface area contributed by atoms with Crippen molar-refractivity contribution in [3.8, 4) is 0 Å². The molecule has 8 nitrogen and oxygen atoms in total. The Kier molecular flexibility index (Phi) is 4.37. The average molecular weight is 295 g/mol. The molecule has 4 N–H and O–H groups in total. The molecule has 0 saturated heterocycles. The smallest absolute Gasteiger partial charge is 0.326 e. The highest BCUT2D eigenvalue weighted by atomic mass is 16.4. The summed E-state index contributed by atoms with van der Waals surface area (Å²) in [4.78, 5) is 41.8. The molecule has 0 radical (unpaired) electrons. The van der Waals surface area contributed by atoms with Crippen molar-refractivity contribution in [1.29, 1.82) is 0 Å². The lowest BCUT2D eigenvalue weighted by atomic mass is 10.1. The SMILES string of the molecule is Cc1nc(C2CC2)[nH]c(=O)c1C(=O)N[C@H](CCO)C(=O)O. The highest BCUT2D eigenvalue weighted by Crippen LogP contribution is 2.37. The minimum absolute atomic E-state index is 0.133. The lowest BCUT2D eigenvalue weighted by Crippen LogP contribution is -2.43. The molecule has 8 heteroatoms. The highest BCUT2D eigenvalue weighted by molar-refractivity contribution is 5.97. The first-order valence-electron chi connectivity index (χ1n) is 6.69.